The van der Waals surface area contributed by atoms with Gasteiger partial charge in [0.2, 0.25) is 5.91 Å². The molecule has 0 unspecified atom stereocenters. The first-order valence-electron chi connectivity index (χ1n) is 9.58. The number of anilines is 2. The second kappa shape index (κ2) is 11.3. The quantitative estimate of drug-likeness (QED) is 0.161. The number of hydrogen-bond acceptors (Lipinski definition) is 4. The predicted octanol–water partition coefficient (Wildman–Crippen LogP) is 7.29. The van der Waals surface area contributed by atoms with Crippen LogP contribution in [0.3, 0.4) is 0 Å². The number of aryl methyl sites for hydroxylation is 1. The highest BCUT2D eigenvalue weighted by Crippen LogP contribution is 2.41. The smallest absolute Gasteiger partial charge is 0.338 e. The largest absolute Gasteiger partial charge is 0.478 e. The average molecular weight is 558 g/mol. The van der Waals surface area contributed by atoms with Gasteiger partial charge in [-0.25, -0.2) is 4.79 Å². The van der Waals surface area contributed by atoms with Gasteiger partial charge in [-0.1, -0.05) is 70.2 Å². The van der Waals surface area contributed by atoms with Crippen LogP contribution in [-0.2, 0) is 4.79 Å². The van der Waals surface area contributed by atoms with Crippen LogP contribution in [0.2, 0.25) is 20.1 Å². The normalized spacial score (nSPS) is 10.6. The number of carboxylic acid groups (broad SMARTS) is 1. The highest BCUT2D eigenvalue weighted by atomic mass is 35.5. The molecule has 0 aromatic heterocycles. The van der Waals surface area contributed by atoms with Crippen LogP contribution in [0.25, 0.3) is 0 Å². The van der Waals surface area contributed by atoms with Crippen LogP contribution in [0.15, 0.2) is 53.4 Å². The molecule has 3 N–H and O–H groups in total. The third-order valence-corrected chi connectivity index (χ3v) is 7.30. The average Bonchev–Trinajstić information content (AvgIpc) is 2.80. The Bertz CT molecular complexity index is 1280. The standard InChI is InChI=1S/C23H16Cl4N2O4S/c1-11-5-7-12(8-6-11)28-15(30)10-34-14-4-2-3-13(9-14)29-22(31)16-17(23(32)33)19(25)21(27)20(26)18(16)24/h2-9H,10H2,1H3,(H,28,30)(H,29,31)(H,32,33). The van der Waals surface area contributed by atoms with Crippen molar-refractivity contribution in [3.8, 4) is 0 Å². The molecule has 176 valence electrons. The maximum atomic E-state index is 12.9. The molecule has 0 radical (unpaired) electrons. The summed E-state index contributed by atoms with van der Waals surface area (Å²) in [4.78, 5) is 37.5. The Balaban J connectivity index is 1.73. The molecule has 0 atom stereocenters. The zero-order valence-corrected chi connectivity index (χ0v) is 21.3. The minimum atomic E-state index is -1.49. The predicted molar refractivity (Wildman–Crippen MR) is 138 cm³/mol. The molecule has 6 nitrogen and oxygen atoms in total. The van der Waals surface area contributed by atoms with Gasteiger partial charge in [-0.05, 0) is 37.3 Å². The first kappa shape index (κ1) is 26.2. The van der Waals surface area contributed by atoms with Crippen LogP contribution in [0.5, 0.6) is 0 Å². The summed E-state index contributed by atoms with van der Waals surface area (Å²) >= 11 is 25.3. The highest BCUT2D eigenvalue weighted by molar-refractivity contribution is 8.00. The number of rotatable bonds is 7. The molecular formula is C23H16Cl4N2O4S. The number of carbonyl (C=O) groups is 3. The first-order chi connectivity index (χ1) is 16.1. The molecule has 2 amide bonds. The van der Waals surface area contributed by atoms with Crippen molar-refractivity contribution >= 4 is 87.3 Å². The fourth-order valence-electron chi connectivity index (χ4n) is 2.89. The summed E-state index contributed by atoms with van der Waals surface area (Å²) in [5, 5.41) is 13.7. The molecule has 3 rings (SSSR count). The topological polar surface area (TPSA) is 95.5 Å². The van der Waals surface area contributed by atoms with Crippen LogP contribution in [0.1, 0.15) is 26.3 Å². The Morgan fingerprint density at radius 1 is 0.824 bits per heavy atom. The lowest BCUT2D eigenvalue weighted by Gasteiger charge is -2.14. The van der Waals surface area contributed by atoms with Crippen molar-refractivity contribution in [2.45, 2.75) is 11.8 Å². The van der Waals surface area contributed by atoms with E-state index in [-0.39, 0.29) is 26.7 Å². The molecule has 0 spiro atoms. The number of benzene rings is 3. The zero-order chi connectivity index (χ0) is 25.0. The van der Waals surface area contributed by atoms with Crippen molar-refractivity contribution in [2.75, 3.05) is 16.4 Å². The summed E-state index contributed by atoms with van der Waals surface area (Å²) in [7, 11) is 0. The zero-order valence-electron chi connectivity index (χ0n) is 17.4. The lowest BCUT2D eigenvalue weighted by molar-refractivity contribution is -0.113. The van der Waals surface area contributed by atoms with Gasteiger partial charge in [-0.15, -0.1) is 11.8 Å². The monoisotopic (exact) mass is 556 g/mol. The maximum Gasteiger partial charge on any atom is 0.338 e. The molecule has 3 aromatic rings. The van der Waals surface area contributed by atoms with E-state index in [1.807, 2.05) is 31.2 Å². The second-order valence-corrected chi connectivity index (χ2v) is 9.56. The summed E-state index contributed by atoms with van der Waals surface area (Å²) in [6, 6.07) is 14.1. The van der Waals surface area contributed by atoms with E-state index in [1.54, 1.807) is 24.3 Å². The van der Waals surface area contributed by atoms with E-state index in [4.69, 9.17) is 46.4 Å². The van der Waals surface area contributed by atoms with E-state index >= 15 is 0 Å². The number of amides is 2. The highest BCUT2D eigenvalue weighted by Gasteiger charge is 2.29. The molecular weight excluding hydrogens is 542 g/mol. The molecule has 0 saturated carbocycles. The third-order valence-electron chi connectivity index (χ3n) is 4.51. The van der Waals surface area contributed by atoms with Gasteiger partial charge < -0.3 is 15.7 Å². The lowest BCUT2D eigenvalue weighted by atomic mass is 10.1. The summed E-state index contributed by atoms with van der Waals surface area (Å²) < 4.78 is 0. The van der Waals surface area contributed by atoms with Crippen LogP contribution in [0, 0.1) is 6.92 Å². The van der Waals surface area contributed by atoms with Crippen molar-refractivity contribution in [1.82, 2.24) is 0 Å². The van der Waals surface area contributed by atoms with Gasteiger partial charge in [-0.3, -0.25) is 9.59 Å². The number of hydrogen-bond donors (Lipinski definition) is 3. The number of aromatic carboxylic acids is 1. The Kier molecular flexibility index (Phi) is 8.73. The molecule has 0 saturated heterocycles. The Morgan fingerprint density at radius 2 is 1.44 bits per heavy atom. The lowest BCUT2D eigenvalue weighted by Crippen LogP contribution is -2.18. The molecule has 34 heavy (non-hydrogen) atoms. The number of thioether (sulfide) groups is 1. The third kappa shape index (κ3) is 6.17. The van der Waals surface area contributed by atoms with Crippen LogP contribution in [-0.4, -0.2) is 28.6 Å². The summed E-state index contributed by atoms with van der Waals surface area (Å²) in [5.41, 5.74) is 1.17. The summed E-state index contributed by atoms with van der Waals surface area (Å²) in [6.07, 6.45) is 0. The van der Waals surface area contributed by atoms with E-state index in [2.05, 4.69) is 10.6 Å². The van der Waals surface area contributed by atoms with E-state index in [9.17, 15) is 19.5 Å². The van der Waals surface area contributed by atoms with Gasteiger partial charge in [0.15, 0.2) is 0 Å². The summed E-state index contributed by atoms with van der Waals surface area (Å²) in [5.74, 6) is -2.36. The van der Waals surface area contributed by atoms with Gasteiger partial charge in [0.25, 0.3) is 5.91 Å². The number of carboxylic acids is 1. The SMILES string of the molecule is Cc1ccc(NC(=O)CSc2cccc(NC(=O)c3c(Cl)c(Cl)c(Cl)c(Cl)c3C(=O)O)c2)cc1. The van der Waals surface area contributed by atoms with Crippen molar-refractivity contribution in [3.05, 3.63) is 85.3 Å². The maximum absolute atomic E-state index is 12.9. The minimum Gasteiger partial charge on any atom is -0.478 e. The number of halogens is 4. The fourth-order valence-corrected chi connectivity index (χ4v) is 4.66. The van der Waals surface area contributed by atoms with Crippen molar-refractivity contribution in [3.63, 3.8) is 0 Å². The van der Waals surface area contributed by atoms with Gasteiger partial charge in [-0.2, -0.15) is 0 Å². The molecule has 0 aliphatic carbocycles. The van der Waals surface area contributed by atoms with Crippen LogP contribution >= 0.6 is 58.2 Å². The Morgan fingerprint density at radius 3 is 2.06 bits per heavy atom. The van der Waals surface area contributed by atoms with Crippen molar-refractivity contribution in [1.29, 1.82) is 0 Å². The van der Waals surface area contributed by atoms with Gasteiger partial charge in [0, 0.05) is 16.3 Å². The molecule has 0 heterocycles. The number of carbonyl (C=O) groups excluding carboxylic acids is 2. The second-order valence-electron chi connectivity index (χ2n) is 7.00. The molecule has 11 heteroatoms. The van der Waals surface area contributed by atoms with Crippen molar-refractivity contribution < 1.29 is 19.5 Å². The van der Waals surface area contributed by atoms with E-state index in [1.165, 1.54) is 11.8 Å². The van der Waals surface area contributed by atoms with Crippen molar-refractivity contribution in [2.24, 2.45) is 0 Å². The van der Waals surface area contributed by atoms with Gasteiger partial charge in [0.05, 0.1) is 37.0 Å². The van der Waals surface area contributed by atoms with E-state index in [0.29, 0.717) is 16.3 Å². The Labute approximate surface area is 219 Å². The summed E-state index contributed by atoms with van der Waals surface area (Å²) in [6.45, 7) is 1.96. The fraction of sp³-hybridized carbons (Fsp3) is 0.0870. The van der Waals surface area contributed by atoms with Gasteiger partial charge >= 0.3 is 5.97 Å². The molecule has 0 aliphatic heterocycles. The van der Waals surface area contributed by atoms with E-state index < -0.39 is 28.0 Å². The minimum absolute atomic E-state index is 0.142. The molecule has 0 bridgehead atoms. The molecule has 0 fully saturated rings. The first-order valence-corrected chi connectivity index (χ1v) is 12.1. The van der Waals surface area contributed by atoms with Crippen LogP contribution < -0.4 is 10.6 Å². The van der Waals surface area contributed by atoms with Crippen LogP contribution in [0.4, 0.5) is 11.4 Å². The molecule has 0 aliphatic rings. The van der Waals surface area contributed by atoms with E-state index in [0.717, 1.165) is 5.56 Å². The number of nitrogens with one attached hydrogen (secondary N) is 2. The Hall–Kier alpha value is -2.42. The van der Waals surface area contributed by atoms with Gasteiger partial charge in [0.1, 0.15) is 0 Å². The molecule has 3 aromatic carbocycles.